The first-order valence-electron chi connectivity index (χ1n) is 10.3. The van der Waals surface area contributed by atoms with E-state index < -0.39 is 5.97 Å². The smallest absolute Gasteiger partial charge is 0.339 e. The van der Waals surface area contributed by atoms with E-state index in [-0.39, 0.29) is 17.7 Å². The minimum absolute atomic E-state index is 0.221. The summed E-state index contributed by atoms with van der Waals surface area (Å²) in [5.74, 6) is -0.699. The average molecular weight is 444 g/mol. The van der Waals surface area contributed by atoms with Crippen molar-refractivity contribution in [3.63, 3.8) is 0 Å². The lowest BCUT2D eigenvalue weighted by Gasteiger charge is -2.36. The highest BCUT2D eigenvalue weighted by Gasteiger charge is 2.32. The van der Waals surface area contributed by atoms with Gasteiger partial charge in [-0.25, -0.2) is 10.1 Å². The van der Waals surface area contributed by atoms with Crippen LogP contribution in [0.2, 0.25) is 5.02 Å². The van der Waals surface area contributed by atoms with E-state index in [4.69, 9.17) is 22.1 Å². The van der Waals surface area contributed by atoms with Gasteiger partial charge >= 0.3 is 11.9 Å². The molecule has 0 bridgehead atoms. The van der Waals surface area contributed by atoms with Crippen molar-refractivity contribution in [1.82, 2.24) is 15.2 Å². The number of carboxylic acid groups (broad SMARTS) is 1. The van der Waals surface area contributed by atoms with Gasteiger partial charge in [0.25, 0.3) is 5.84 Å². The van der Waals surface area contributed by atoms with Gasteiger partial charge in [-0.2, -0.15) is 0 Å². The fourth-order valence-electron chi connectivity index (χ4n) is 3.63. The van der Waals surface area contributed by atoms with Gasteiger partial charge in [-0.05, 0) is 49.1 Å². The third-order valence-electron chi connectivity index (χ3n) is 5.32. The molecule has 0 radical (unpaired) electrons. The normalized spacial score (nSPS) is 14.4. The van der Waals surface area contributed by atoms with Crippen LogP contribution in [0.5, 0.6) is 0 Å². The Labute approximate surface area is 186 Å². The van der Waals surface area contributed by atoms with Crippen LogP contribution in [-0.2, 0) is 17.8 Å². The molecule has 7 nitrogen and oxygen atoms in total. The van der Waals surface area contributed by atoms with E-state index in [1.54, 1.807) is 12.1 Å². The van der Waals surface area contributed by atoms with Crippen LogP contribution in [-0.4, -0.2) is 45.8 Å². The van der Waals surface area contributed by atoms with Crippen molar-refractivity contribution < 1.29 is 20.1 Å². The van der Waals surface area contributed by atoms with Crippen molar-refractivity contribution in [1.29, 1.82) is 0 Å². The molecule has 0 spiro atoms. The molecule has 1 aliphatic heterocycles. The Balaban J connectivity index is 1.62. The molecule has 0 atom stereocenters. The summed E-state index contributed by atoms with van der Waals surface area (Å²) >= 11 is 6.33. The maximum Gasteiger partial charge on any atom is 0.339 e. The summed E-state index contributed by atoms with van der Waals surface area (Å²) in [6.07, 6.45) is 0.848. The predicted molar refractivity (Wildman–Crippen MR) is 119 cm³/mol. The molecule has 1 aliphatic rings. The molecular formula is C23H28ClN4O3+. The summed E-state index contributed by atoms with van der Waals surface area (Å²) in [5, 5.41) is 18.4. The monoisotopic (exact) mass is 443 g/mol. The lowest BCUT2D eigenvalue weighted by molar-refractivity contribution is -0.147. The van der Waals surface area contributed by atoms with Gasteiger partial charge in [0, 0.05) is 24.7 Å². The molecule has 1 fully saturated rings. The standard InChI is InChI=1S/C23H27ClN4O3/c1-13(2)8-15-4-5-16(9-20(15)24)22(29)27-21(25)19-7-6-18(26-14(19)3)12-28-10-17(11-28)23(30)31/h4-7,9,13,17H,8,10-12H2,1-3H3,(H,30,31)(H2,25,27,29)/p+1. The largest absolute Gasteiger partial charge is 0.481 e. The summed E-state index contributed by atoms with van der Waals surface area (Å²) in [7, 11) is 0. The molecule has 0 aliphatic carbocycles. The molecular weight excluding hydrogens is 416 g/mol. The lowest BCUT2D eigenvalue weighted by atomic mass is 10.0. The number of carboxylic acids is 1. The second-order valence-electron chi connectivity index (χ2n) is 8.44. The summed E-state index contributed by atoms with van der Waals surface area (Å²) in [6, 6.07) is 8.94. The Morgan fingerprint density at radius 1 is 1.29 bits per heavy atom. The number of amidine groups is 1. The zero-order chi connectivity index (χ0) is 22.7. The van der Waals surface area contributed by atoms with Crippen LogP contribution in [0.4, 0.5) is 0 Å². The molecule has 3 rings (SSSR count). The van der Waals surface area contributed by atoms with E-state index >= 15 is 0 Å². The Morgan fingerprint density at radius 2 is 2.00 bits per heavy atom. The molecule has 1 saturated heterocycles. The van der Waals surface area contributed by atoms with Gasteiger partial charge in [-0.15, -0.1) is 0 Å². The number of nitrogens with one attached hydrogen (secondary N) is 1. The first-order chi connectivity index (χ1) is 14.6. The van der Waals surface area contributed by atoms with E-state index in [1.807, 2.05) is 30.0 Å². The van der Waals surface area contributed by atoms with Gasteiger partial charge in [0.05, 0.1) is 28.4 Å². The number of benzene rings is 1. The van der Waals surface area contributed by atoms with Crippen LogP contribution in [0.25, 0.3) is 0 Å². The van der Waals surface area contributed by atoms with Crippen molar-refractivity contribution in [2.24, 2.45) is 11.8 Å². The maximum absolute atomic E-state index is 12.6. The molecule has 31 heavy (non-hydrogen) atoms. The van der Waals surface area contributed by atoms with Crippen molar-refractivity contribution in [2.75, 3.05) is 13.1 Å². The number of pyridine rings is 1. The highest BCUT2D eigenvalue weighted by atomic mass is 35.5. The molecule has 0 saturated carbocycles. The van der Waals surface area contributed by atoms with Gasteiger partial charge < -0.3 is 5.11 Å². The van der Waals surface area contributed by atoms with E-state index in [2.05, 4.69) is 24.1 Å². The first kappa shape index (κ1) is 22.9. The van der Waals surface area contributed by atoms with E-state index in [9.17, 15) is 9.59 Å². The highest BCUT2D eigenvalue weighted by molar-refractivity contribution is 6.31. The molecule has 164 valence electrons. The van der Waals surface area contributed by atoms with Gasteiger partial charge in [-0.3, -0.25) is 20.1 Å². The lowest BCUT2D eigenvalue weighted by Crippen LogP contribution is -2.52. The number of halogens is 1. The van der Waals surface area contributed by atoms with Crippen LogP contribution in [0.1, 0.15) is 46.7 Å². The number of nitrogens with zero attached hydrogens (tertiary/aromatic N) is 2. The van der Waals surface area contributed by atoms with E-state index in [0.717, 1.165) is 17.7 Å². The van der Waals surface area contributed by atoms with Gasteiger partial charge in [-0.1, -0.05) is 31.5 Å². The number of hydrogen-bond donors (Lipinski definition) is 3. The van der Waals surface area contributed by atoms with Crippen LogP contribution >= 0.6 is 11.6 Å². The average Bonchev–Trinajstić information content (AvgIpc) is 2.65. The number of carbonyl (C=O) groups excluding carboxylic acids is 1. The van der Waals surface area contributed by atoms with Crippen molar-refractivity contribution in [3.8, 4) is 0 Å². The Bertz CT molecular complexity index is 1020. The molecule has 1 aromatic carbocycles. The number of nitrogens with two attached hydrogens (primary N) is 1. The summed E-state index contributed by atoms with van der Waals surface area (Å²) < 4.78 is 0. The molecule has 1 aromatic heterocycles. The van der Waals surface area contributed by atoms with Crippen molar-refractivity contribution in [2.45, 2.75) is 33.7 Å². The van der Waals surface area contributed by atoms with Gasteiger partial charge in [0.1, 0.15) is 0 Å². The van der Waals surface area contributed by atoms with Crippen molar-refractivity contribution in [3.05, 3.63) is 63.4 Å². The quantitative estimate of drug-likeness (QED) is 0.446. The van der Waals surface area contributed by atoms with E-state index in [1.165, 1.54) is 0 Å². The fraction of sp³-hybridized carbons (Fsp3) is 0.391. The second-order valence-corrected chi connectivity index (χ2v) is 8.84. The number of aliphatic carboxylic acids is 1. The number of aryl methyl sites for hydroxylation is 1. The van der Waals surface area contributed by atoms with Crippen LogP contribution in [0.15, 0.2) is 30.3 Å². The summed E-state index contributed by atoms with van der Waals surface area (Å²) in [6.45, 7) is 7.69. The van der Waals surface area contributed by atoms with Gasteiger partial charge in [0.2, 0.25) is 0 Å². The Hall–Kier alpha value is -2.77. The minimum atomic E-state index is -0.760. The molecule has 1 amide bonds. The van der Waals surface area contributed by atoms with Crippen molar-refractivity contribution >= 4 is 29.3 Å². The molecule has 0 unspecified atom stereocenters. The fourth-order valence-corrected chi connectivity index (χ4v) is 3.88. The summed E-state index contributed by atoms with van der Waals surface area (Å²) in [4.78, 5) is 30.1. The molecule has 8 heteroatoms. The number of carbonyl (C=O) groups is 2. The number of hydrogen-bond acceptors (Lipinski definition) is 4. The summed E-state index contributed by atoms with van der Waals surface area (Å²) in [5.41, 5.74) is 3.62. The highest BCUT2D eigenvalue weighted by Crippen LogP contribution is 2.21. The molecule has 4 N–H and O–H groups in total. The zero-order valence-corrected chi connectivity index (χ0v) is 18.7. The first-order valence-corrected chi connectivity index (χ1v) is 10.7. The SMILES string of the molecule is Cc1nc(CN2CC(C(=O)O)C2)ccc1C(=[NH2+])NC(=O)c1ccc(CC(C)C)c(Cl)c1. The van der Waals surface area contributed by atoms with Crippen LogP contribution < -0.4 is 10.7 Å². The predicted octanol–water partition coefficient (Wildman–Crippen LogP) is 1.69. The number of rotatable bonds is 7. The van der Waals surface area contributed by atoms with Gasteiger partial charge in [0.15, 0.2) is 0 Å². The maximum atomic E-state index is 12.6. The van der Waals surface area contributed by atoms with Crippen LogP contribution in [0, 0.1) is 18.8 Å². The third kappa shape index (κ3) is 5.68. The number of likely N-dealkylation sites (tertiary alicyclic amines) is 1. The topological polar surface area (TPSA) is 108 Å². The number of amides is 1. The van der Waals surface area contributed by atoms with Crippen LogP contribution in [0.3, 0.4) is 0 Å². The molecule has 2 heterocycles. The Morgan fingerprint density at radius 3 is 2.58 bits per heavy atom. The third-order valence-corrected chi connectivity index (χ3v) is 5.67. The number of aromatic nitrogens is 1. The minimum Gasteiger partial charge on any atom is -0.481 e. The second kappa shape index (κ2) is 9.58. The van der Waals surface area contributed by atoms with E-state index in [0.29, 0.717) is 47.4 Å². The molecule has 2 aromatic rings. The zero-order valence-electron chi connectivity index (χ0n) is 18.0. The Kier molecular flexibility index (Phi) is 7.08.